The van der Waals surface area contributed by atoms with Crippen LogP contribution in [0, 0.1) is 5.92 Å². The quantitative estimate of drug-likeness (QED) is 0.328. The van der Waals surface area contributed by atoms with E-state index in [2.05, 4.69) is 13.8 Å². The number of esters is 2. The highest BCUT2D eigenvalue weighted by Crippen LogP contribution is 2.13. The molecule has 2 atom stereocenters. The van der Waals surface area contributed by atoms with Crippen LogP contribution < -0.4 is 0 Å². The molecule has 0 rings (SSSR count). The van der Waals surface area contributed by atoms with Crippen LogP contribution in [0.1, 0.15) is 78.6 Å². The maximum Gasteiger partial charge on any atom is 0.306 e. The van der Waals surface area contributed by atoms with Gasteiger partial charge in [-0.3, -0.25) is 9.59 Å². The van der Waals surface area contributed by atoms with E-state index in [1.54, 1.807) is 7.11 Å². The molecule has 0 saturated heterocycles. The lowest BCUT2D eigenvalue weighted by Crippen LogP contribution is -2.23. The molecule has 0 spiro atoms. The molecule has 5 nitrogen and oxygen atoms in total. The van der Waals surface area contributed by atoms with Gasteiger partial charge in [0, 0.05) is 26.6 Å². The molecular weight excluding hydrogens is 308 g/mol. The van der Waals surface area contributed by atoms with Gasteiger partial charge in [-0.25, -0.2) is 0 Å². The maximum atomic E-state index is 11.8. The Morgan fingerprint density at radius 3 is 2.17 bits per heavy atom. The minimum absolute atomic E-state index is 0.0919. The van der Waals surface area contributed by atoms with Crippen molar-refractivity contribution in [2.75, 3.05) is 20.3 Å². The molecular formula is C19H36O5. The van der Waals surface area contributed by atoms with Crippen molar-refractivity contribution in [2.45, 2.75) is 84.7 Å². The van der Waals surface area contributed by atoms with Gasteiger partial charge in [0.15, 0.2) is 0 Å². The van der Waals surface area contributed by atoms with Crippen molar-refractivity contribution in [3.05, 3.63) is 0 Å². The average Bonchev–Trinajstić information content (AvgIpc) is 2.56. The molecule has 0 heterocycles. The van der Waals surface area contributed by atoms with Crippen molar-refractivity contribution >= 4 is 11.9 Å². The molecule has 0 aromatic rings. The fraction of sp³-hybridized carbons (Fsp3) is 0.895. The summed E-state index contributed by atoms with van der Waals surface area (Å²) in [5.41, 5.74) is 0. The second-order valence-electron chi connectivity index (χ2n) is 6.44. The molecule has 0 fully saturated rings. The minimum atomic E-state index is -0.158. The Morgan fingerprint density at radius 2 is 1.54 bits per heavy atom. The summed E-state index contributed by atoms with van der Waals surface area (Å²) in [5.74, 6) is -0.000410. The van der Waals surface area contributed by atoms with E-state index in [0.717, 1.165) is 44.9 Å². The smallest absolute Gasteiger partial charge is 0.306 e. The van der Waals surface area contributed by atoms with Gasteiger partial charge in [0.05, 0.1) is 6.61 Å². The Morgan fingerprint density at radius 1 is 0.875 bits per heavy atom. The second kappa shape index (κ2) is 15.4. The highest BCUT2D eigenvalue weighted by Gasteiger charge is 2.16. The summed E-state index contributed by atoms with van der Waals surface area (Å²) in [7, 11) is 1.67. The Bertz CT molecular complexity index is 330. The first-order chi connectivity index (χ1) is 11.5. The molecule has 24 heavy (non-hydrogen) atoms. The summed E-state index contributed by atoms with van der Waals surface area (Å²) in [6, 6.07) is 0. The van der Waals surface area contributed by atoms with Gasteiger partial charge >= 0.3 is 11.9 Å². The number of carbonyl (C=O) groups is 2. The molecule has 142 valence electrons. The summed E-state index contributed by atoms with van der Waals surface area (Å²) >= 11 is 0. The van der Waals surface area contributed by atoms with Gasteiger partial charge in [-0.15, -0.1) is 0 Å². The molecule has 0 aliphatic heterocycles. The van der Waals surface area contributed by atoms with Crippen molar-refractivity contribution in [1.29, 1.82) is 0 Å². The number of unbranched alkanes of at least 4 members (excludes halogenated alkanes) is 4. The van der Waals surface area contributed by atoms with Crippen LogP contribution in [0.25, 0.3) is 0 Å². The topological polar surface area (TPSA) is 61.8 Å². The predicted octanol–water partition coefficient (Wildman–Crippen LogP) is 4.27. The highest BCUT2D eigenvalue weighted by atomic mass is 16.5. The highest BCUT2D eigenvalue weighted by molar-refractivity contribution is 5.70. The van der Waals surface area contributed by atoms with Crippen LogP contribution in [0.2, 0.25) is 0 Å². The van der Waals surface area contributed by atoms with E-state index in [9.17, 15) is 9.59 Å². The van der Waals surface area contributed by atoms with Gasteiger partial charge in [0.25, 0.3) is 0 Å². The molecule has 0 aliphatic carbocycles. The van der Waals surface area contributed by atoms with Crippen molar-refractivity contribution in [3.63, 3.8) is 0 Å². The van der Waals surface area contributed by atoms with E-state index in [4.69, 9.17) is 14.2 Å². The van der Waals surface area contributed by atoms with Crippen LogP contribution in [-0.2, 0) is 23.8 Å². The first-order valence-corrected chi connectivity index (χ1v) is 9.35. The van der Waals surface area contributed by atoms with Crippen LogP contribution in [0.5, 0.6) is 0 Å². The summed E-state index contributed by atoms with van der Waals surface area (Å²) in [4.78, 5) is 23.3. The van der Waals surface area contributed by atoms with Crippen molar-refractivity contribution in [2.24, 2.45) is 5.92 Å². The Labute approximate surface area is 147 Å². The first-order valence-electron chi connectivity index (χ1n) is 9.35. The number of hydrogen-bond donors (Lipinski definition) is 0. The normalized spacial score (nSPS) is 13.3. The van der Waals surface area contributed by atoms with Crippen LogP contribution in [0.4, 0.5) is 0 Å². The van der Waals surface area contributed by atoms with E-state index in [1.807, 2.05) is 6.92 Å². The van der Waals surface area contributed by atoms with Gasteiger partial charge in [0.1, 0.15) is 6.10 Å². The zero-order valence-corrected chi connectivity index (χ0v) is 16.0. The third-order valence-electron chi connectivity index (χ3n) is 4.17. The number of hydrogen-bond acceptors (Lipinski definition) is 5. The summed E-state index contributed by atoms with van der Waals surface area (Å²) in [6.45, 7) is 7.31. The van der Waals surface area contributed by atoms with Crippen molar-refractivity contribution in [1.82, 2.24) is 0 Å². The van der Waals surface area contributed by atoms with E-state index >= 15 is 0 Å². The van der Waals surface area contributed by atoms with Crippen LogP contribution in [0.3, 0.4) is 0 Å². The number of methoxy groups -OCH3 is 1. The van der Waals surface area contributed by atoms with E-state index in [0.29, 0.717) is 26.1 Å². The third kappa shape index (κ3) is 13.3. The summed E-state index contributed by atoms with van der Waals surface area (Å²) < 4.78 is 15.6. The number of ether oxygens (including phenoxy) is 3. The molecule has 0 aromatic heterocycles. The fourth-order valence-electron chi connectivity index (χ4n) is 2.25. The molecule has 0 aliphatic rings. The predicted molar refractivity (Wildman–Crippen MR) is 94.8 cm³/mol. The standard InChI is InChI=1S/C19H36O5/c1-5-6-10-14-23-18(20)11-8-7-9-12-19(21)24-17(3)16(2)13-15-22-4/h16-17H,5-15H2,1-4H3. The average molecular weight is 344 g/mol. The Balaban J connectivity index is 3.59. The lowest BCUT2D eigenvalue weighted by molar-refractivity contribution is -0.151. The van der Waals surface area contributed by atoms with Crippen LogP contribution in [0.15, 0.2) is 0 Å². The monoisotopic (exact) mass is 344 g/mol. The molecule has 0 saturated carbocycles. The molecule has 0 amide bonds. The van der Waals surface area contributed by atoms with Gasteiger partial charge < -0.3 is 14.2 Å². The maximum absolute atomic E-state index is 11.8. The fourth-order valence-corrected chi connectivity index (χ4v) is 2.25. The lowest BCUT2D eigenvalue weighted by atomic mass is 10.0. The molecule has 0 N–H and O–H groups in total. The Kier molecular flexibility index (Phi) is 14.7. The SMILES string of the molecule is CCCCCOC(=O)CCCCCC(=O)OC(C)C(C)CCOC. The van der Waals surface area contributed by atoms with E-state index in [-0.39, 0.29) is 24.0 Å². The minimum Gasteiger partial charge on any atom is -0.466 e. The second-order valence-corrected chi connectivity index (χ2v) is 6.44. The van der Waals surface area contributed by atoms with Gasteiger partial charge in [-0.1, -0.05) is 33.1 Å². The number of rotatable bonds is 15. The van der Waals surface area contributed by atoms with E-state index < -0.39 is 0 Å². The zero-order chi connectivity index (χ0) is 18.2. The summed E-state index contributed by atoms with van der Waals surface area (Å²) in [6.07, 6.45) is 7.15. The van der Waals surface area contributed by atoms with Crippen molar-refractivity contribution < 1.29 is 23.8 Å². The Hall–Kier alpha value is -1.10. The van der Waals surface area contributed by atoms with Crippen molar-refractivity contribution in [3.8, 4) is 0 Å². The first kappa shape index (κ1) is 22.9. The largest absolute Gasteiger partial charge is 0.466 e. The van der Waals surface area contributed by atoms with Gasteiger partial charge in [0.2, 0.25) is 0 Å². The van der Waals surface area contributed by atoms with Gasteiger partial charge in [-0.05, 0) is 38.5 Å². The molecule has 0 aromatic carbocycles. The molecule has 5 heteroatoms. The zero-order valence-electron chi connectivity index (χ0n) is 16.0. The van der Waals surface area contributed by atoms with Gasteiger partial charge in [-0.2, -0.15) is 0 Å². The molecule has 0 radical (unpaired) electrons. The molecule has 0 bridgehead atoms. The number of carbonyl (C=O) groups excluding carboxylic acids is 2. The van der Waals surface area contributed by atoms with E-state index in [1.165, 1.54) is 0 Å². The third-order valence-corrected chi connectivity index (χ3v) is 4.17. The lowest BCUT2D eigenvalue weighted by Gasteiger charge is -2.20. The van der Waals surface area contributed by atoms with Crippen LogP contribution in [-0.4, -0.2) is 38.4 Å². The summed E-state index contributed by atoms with van der Waals surface area (Å²) in [5, 5.41) is 0. The van der Waals surface area contributed by atoms with Crippen LogP contribution >= 0.6 is 0 Å². The molecule has 2 unspecified atom stereocenters.